The summed E-state index contributed by atoms with van der Waals surface area (Å²) >= 11 is 1.51. The molecule has 1 aliphatic heterocycles. The second-order valence-electron chi connectivity index (χ2n) is 7.98. The number of piperidine rings is 1. The fraction of sp³-hybridized carbons (Fsp3) is 0.391. The van der Waals surface area contributed by atoms with Crippen molar-refractivity contribution in [2.45, 2.75) is 32.7 Å². The predicted molar refractivity (Wildman–Crippen MR) is 126 cm³/mol. The Morgan fingerprint density at radius 1 is 1.19 bits per heavy atom. The first-order chi connectivity index (χ1) is 14.9. The van der Waals surface area contributed by atoms with Crippen LogP contribution < -0.4 is 4.90 Å². The SMILES string of the molecule is CCc1cccc2sc(N(Cc3ccccc3)C(=O)C3CCCN(S(C)(=O)=O)C3)nc12. The van der Waals surface area contributed by atoms with Gasteiger partial charge in [0.15, 0.2) is 5.13 Å². The molecule has 1 amide bonds. The second kappa shape index (κ2) is 9.06. The number of aryl methyl sites for hydroxylation is 1. The summed E-state index contributed by atoms with van der Waals surface area (Å²) in [5.74, 6) is -0.431. The van der Waals surface area contributed by atoms with E-state index in [-0.39, 0.29) is 18.4 Å². The van der Waals surface area contributed by atoms with Crippen LogP contribution in [0.15, 0.2) is 48.5 Å². The molecule has 3 aromatic rings. The zero-order chi connectivity index (χ0) is 22.0. The number of para-hydroxylation sites is 1. The number of benzene rings is 2. The van der Waals surface area contributed by atoms with Gasteiger partial charge in [0.2, 0.25) is 15.9 Å². The molecule has 31 heavy (non-hydrogen) atoms. The Hall–Kier alpha value is -2.29. The van der Waals surface area contributed by atoms with Gasteiger partial charge in [0, 0.05) is 13.1 Å². The second-order valence-corrected chi connectivity index (χ2v) is 11.0. The molecule has 1 aliphatic rings. The number of fused-ring (bicyclic) bond motifs is 1. The molecule has 0 radical (unpaired) electrons. The highest BCUT2D eigenvalue weighted by Crippen LogP contribution is 2.33. The van der Waals surface area contributed by atoms with Crippen LogP contribution in [0.5, 0.6) is 0 Å². The number of aromatic nitrogens is 1. The van der Waals surface area contributed by atoms with E-state index in [2.05, 4.69) is 13.0 Å². The monoisotopic (exact) mass is 457 g/mol. The summed E-state index contributed by atoms with van der Waals surface area (Å²) in [6, 6.07) is 16.0. The molecule has 2 heterocycles. The van der Waals surface area contributed by atoms with Crippen molar-refractivity contribution in [3.63, 3.8) is 0 Å². The molecule has 0 bridgehead atoms. The maximum absolute atomic E-state index is 13.7. The number of hydrogen-bond acceptors (Lipinski definition) is 5. The quantitative estimate of drug-likeness (QED) is 0.560. The van der Waals surface area contributed by atoms with E-state index < -0.39 is 10.0 Å². The molecule has 0 saturated carbocycles. The van der Waals surface area contributed by atoms with E-state index in [1.54, 1.807) is 4.90 Å². The van der Waals surface area contributed by atoms with Crippen LogP contribution in [0, 0.1) is 5.92 Å². The molecule has 1 unspecified atom stereocenters. The molecule has 1 aromatic heterocycles. The van der Waals surface area contributed by atoms with E-state index in [1.807, 2.05) is 42.5 Å². The number of nitrogens with zero attached hydrogens (tertiary/aromatic N) is 3. The Bertz CT molecular complexity index is 1180. The summed E-state index contributed by atoms with van der Waals surface area (Å²) in [6.07, 6.45) is 3.45. The van der Waals surface area contributed by atoms with Crippen molar-refractivity contribution in [2.24, 2.45) is 5.92 Å². The largest absolute Gasteiger partial charge is 0.283 e. The van der Waals surface area contributed by atoms with E-state index >= 15 is 0 Å². The number of hydrogen-bond donors (Lipinski definition) is 0. The summed E-state index contributed by atoms with van der Waals surface area (Å²) in [5.41, 5.74) is 3.12. The first-order valence-corrected chi connectivity index (χ1v) is 13.2. The minimum Gasteiger partial charge on any atom is -0.283 e. The number of amides is 1. The van der Waals surface area contributed by atoms with Gasteiger partial charge < -0.3 is 0 Å². The van der Waals surface area contributed by atoms with Crippen molar-refractivity contribution in [2.75, 3.05) is 24.2 Å². The van der Waals surface area contributed by atoms with Crippen molar-refractivity contribution >= 4 is 42.6 Å². The smallest absolute Gasteiger partial charge is 0.233 e. The zero-order valence-corrected chi connectivity index (χ0v) is 19.5. The number of anilines is 1. The molecule has 1 atom stereocenters. The first-order valence-electron chi connectivity index (χ1n) is 10.6. The summed E-state index contributed by atoms with van der Waals surface area (Å²) in [5, 5.41) is 0.668. The van der Waals surface area contributed by atoms with Gasteiger partial charge in [-0.15, -0.1) is 0 Å². The van der Waals surface area contributed by atoms with Gasteiger partial charge in [0.1, 0.15) is 0 Å². The lowest BCUT2D eigenvalue weighted by Gasteiger charge is -2.33. The molecule has 0 N–H and O–H groups in total. The van der Waals surface area contributed by atoms with Gasteiger partial charge in [0.25, 0.3) is 0 Å². The molecule has 1 fully saturated rings. The Morgan fingerprint density at radius 2 is 1.97 bits per heavy atom. The standard InChI is InChI=1S/C23H27N3O3S2/c1-3-18-11-7-13-20-21(18)24-23(30-20)26(15-17-9-5-4-6-10-17)22(27)19-12-8-14-25(16-19)31(2,28)29/h4-7,9-11,13,19H,3,8,12,14-16H2,1-2H3. The number of carbonyl (C=O) groups excluding carboxylic acids is 1. The lowest BCUT2D eigenvalue weighted by atomic mass is 9.98. The van der Waals surface area contributed by atoms with Crippen LogP contribution >= 0.6 is 11.3 Å². The van der Waals surface area contributed by atoms with Crippen molar-refractivity contribution in [1.29, 1.82) is 0 Å². The molecule has 1 saturated heterocycles. The van der Waals surface area contributed by atoms with Crippen LogP contribution in [-0.2, 0) is 27.8 Å². The summed E-state index contributed by atoms with van der Waals surface area (Å²) < 4.78 is 26.6. The van der Waals surface area contributed by atoms with Crippen LogP contribution in [-0.4, -0.2) is 43.0 Å². The topological polar surface area (TPSA) is 70.6 Å². The van der Waals surface area contributed by atoms with E-state index in [1.165, 1.54) is 21.9 Å². The molecular weight excluding hydrogens is 430 g/mol. The summed E-state index contributed by atoms with van der Waals surface area (Å²) in [4.78, 5) is 20.3. The molecule has 0 aliphatic carbocycles. The Kier molecular flexibility index (Phi) is 6.41. The molecular formula is C23H27N3O3S2. The van der Waals surface area contributed by atoms with Gasteiger partial charge in [-0.3, -0.25) is 9.69 Å². The van der Waals surface area contributed by atoms with Crippen molar-refractivity contribution in [3.8, 4) is 0 Å². The molecule has 2 aromatic carbocycles. The van der Waals surface area contributed by atoms with E-state index in [0.29, 0.717) is 31.1 Å². The van der Waals surface area contributed by atoms with Gasteiger partial charge in [-0.1, -0.05) is 60.7 Å². The van der Waals surface area contributed by atoms with Crippen LogP contribution in [0.1, 0.15) is 30.9 Å². The highest BCUT2D eigenvalue weighted by Gasteiger charge is 2.34. The summed E-state index contributed by atoms with van der Waals surface area (Å²) in [6.45, 7) is 3.22. The fourth-order valence-corrected chi connectivity index (χ4v) is 6.00. The maximum atomic E-state index is 13.7. The third-order valence-corrected chi connectivity index (χ3v) is 8.07. The highest BCUT2D eigenvalue weighted by molar-refractivity contribution is 7.88. The predicted octanol–water partition coefficient (Wildman–Crippen LogP) is 4.06. The third kappa shape index (κ3) is 4.81. The van der Waals surface area contributed by atoms with E-state index in [4.69, 9.17) is 4.98 Å². The average molecular weight is 458 g/mol. The number of rotatable bonds is 6. The molecule has 6 nitrogen and oxygen atoms in total. The first kappa shape index (κ1) is 21.9. The number of thiazole rings is 1. The van der Waals surface area contributed by atoms with Gasteiger partial charge in [-0.2, -0.15) is 0 Å². The Labute approximate surface area is 187 Å². The van der Waals surface area contributed by atoms with Crippen LogP contribution in [0.4, 0.5) is 5.13 Å². The average Bonchev–Trinajstić information content (AvgIpc) is 3.21. The van der Waals surface area contributed by atoms with Gasteiger partial charge in [-0.05, 0) is 36.5 Å². The maximum Gasteiger partial charge on any atom is 0.233 e. The van der Waals surface area contributed by atoms with Crippen molar-refractivity contribution in [1.82, 2.24) is 9.29 Å². The number of carbonyl (C=O) groups is 1. The molecule has 0 spiro atoms. The minimum absolute atomic E-state index is 0.0608. The lowest BCUT2D eigenvalue weighted by Crippen LogP contribution is -2.46. The van der Waals surface area contributed by atoms with Crippen LogP contribution in [0.2, 0.25) is 0 Å². The van der Waals surface area contributed by atoms with Gasteiger partial charge >= 0.3 is 0 Å². The molecule has 4 rings (SSSR count). The zero-order valence-electron chi connectivity index (χ0n) is 17.8. The van der Waals surface area contributed by atoms with Gasteiger partial charge in [0.05, 0.1) is 28.9 Å². The van der Waals surface area contributed by atoms with Crippen molar-refractivity contribution in [3.05, 3.63) is 59.7 Å². The fourth-order valence-electron chi connectivity index (χ4n) is 4.07. The van der Waals surface area contributed by atoms with Gasteiger partial charge in [-0.25, -0.2) is 17.7 Å². The molecule has 164 valence electrons. The normalized spacial score (nSPS) is 17.7. The van der Waals surface area contributed by atoms with Crippen LogP contribution in [0.25, 0.3) is 10.2 Å². The third-order valence-electron chi connectivity index (χ3n) is 5.75. The van der Waals surface area contributed by atoms with Crippen molar-refractivity contribution < 1.29 is 13.2 Å². The number of sulfonamides is 1. The highest BCUT2D eigenvalue weighted by atomic mass is 32.2. The Morgan fingerprint density at radius 3 is 2.68 bits per heavy atom. The van der Waals surface area contributed by atoms with E-state index in [0.717, 1.165) is 27.8 Å². The molecule has 8 heteroatoms. The van der Waals surface area contributed by atoms with E-state index in [9.17, 15) is 13.2 Å². The minimum atomic E-state index is -3.32. The Balaban J connectivity index is 1.70. The van der Waals surface area contributed by atoms with Crippen LogP contribution in [0.3, 0.4) is 0 Å². The summed E-state index contributed by atoms with van der Waals surface area (Å²) in [7, 11) is -3.32. The lowest BCUT2D eigenvalue weighted by molar-refractivity contribution is -0.123.